The number of hydrogen-bond donors (Lipinski definition) is 6. The highest BCUT2D eigenvalue weighted by Gasteiger charge is 2.44. The van der Waals surface area contributed by atoms with E-state index in [0.29, 0.717) is 25.5 Å². The fourth-order valence-corrected chi connectivity index (χ4v) is 4.86. The minimum absolute atomic E-state index is 0.0155. The van der Waals surface area contributed by atoms with Crippen molar-refractivity contribution in [3.63, 3.8) is 0 Å². The Kier molecular flexibility index (Phi) is 9.98. The second-order valence-electron chi connectivity index (χ2n) is 9.82. The van der Waals surface area contributed by atoms with Crippen LogP contribution in [0.4, 0.5) is 0 Å². The van der Waals surface area contributed by atoms with Crippen molar-refractivity contribution in [3.05, 3.63) is 11.9 Å². The molecule has 2 bridgehead atoms. The van der Waals surface area contributed by atoms with Gasteiger partial charge in [-0.2, -0.15) is 0 Å². The minimum atomic E-state index is -1.31. The van der Waals surface area contributed by atoms with Gasteiger partial charge in [-0.05, 0) is 12.8 Å². The molecule has 15 heteroatoms. The van der Waals surface area contributed by atoms with Crippen LogP contribution in [-0.4, -0.2) is 135 Å². The molecule has 212 valence electrons. The number of hydrogen-bond acceptors (Lipinski definition) is 11. The molecule has 4 rings (SSSR count). The number of amides is 3. The van der Waals surface area contributed by atoms with Crippen molar-refractivity contribution in [2.45, 2.75) is 68.7 Å². The summed E-state index contributed by atoms with van der Waals surface area (Å²) >= 11 is 0. The van der Waals surface area contributed by atoms with Gasteiger partial charge < -0.3 is 45.6 Å². The number of fused-ring (bicyclic) bond motifs is 2. The Labute approximate surface area is 219 Å². The van der Waals surface area contributed by atoms with Gasteiger partial charge in [0.2, 0.25) is 17.7 Å². The summed E-state index contributed by atoms with van der Waals surface area (Å²) in [5.74, 6) is -1.48. The zero-order chi connectivity index (χ0) is 27.1. The topological polar surface area (TPSA) is 200 Å². The summed E-state index contributed by atoms with van der Waals surface area (Å²) in [4.78, 5) is 40.6. The smallest absolute Gasteiger partial charge is 0.243 e. The van der Waals surface area contributed by atoms with Crippen molar-refractivity contribution in [2.24, 2.45) is 0 Å². The number of nitrogens with one attached hydrogen (secondary N) is 3. The Bertz CT molecular complexity index is 956. The van der Waals surface area contributed by atoms with Gasteiger partial charge in [0.05, 0.1) is 37.9 Å². The van der Waals surface area contributed by atoms with Gasteiger partial charge in [0.25, 0.3) is 0 Å². The number of ether oxygens (including phenoxy) is 2. The molecule has 0 aliphatic carbocycles. The molecule has 15 nitrogen and oxygen atoms in total. The highest BCUT2D eigenvalue weighted by Crippen LogP contribution is 2.24. The number of aliphatic hydroxyl groups is 3. The third-order valence-electron chi connectivity index (χ3n) is 7.02. The molecule has 3 aliphatic rings. The number of nitrogens with zero attached hydrogens (tertiary/aromatic N) is 4. The number of aliphatic hydroxyl groups excluding tert-OH is 3. The van der Waals surface area contributed by atoms with Crippen LogP contribution in [0.5, 0.6) is 0 Å². The first-order valence-electron chi connectivity index (χ1n) is 13.0. The maximum Gasteiger partial charge on any atom is 0.243 e. The van der Waals surface area contributed by atoms with E-state index < -0.39 is 48.2 Å². The molecule has 3 fully saturated rings. The Morgan fingerprint density at radius 1 is 1.11 bits per heavy atom. The van der Waals surface area contributed by atoms with E-state index in [1.54, 1.807) is 6.20 Å². The molecular formula is C23H37N7O8. The van der Waals surface area contributed by atoms with Crippen molar-refractivity contribution in [2.75, 3.05) is 46.0 Å². The second-order valence-corrected chi connectivity index (χ2v) is 9.82. The van der Waals surface area contributed by atoms with Gasteiger partial charge in [0, 0.05) is 51.5 Å². The summed E-state index contributed by atoms with van der Waals surface area (Å²) in [7, 11) is 0. The molecule has 3 aliphatic heterocycles. The fraction of sp³-hybridized carbons (Fsp3) is 0.783. The molecule has 2 unspecified atom stereocenters. The maximum atomic E-state index is 13.2. The van der Waals surface area contributed by atoms with Crippen LogP contribution in [0.15, 0.2) is 6.20 Å². The molecule has 5 atom stereocenters. The van der Waals surface area contributed by atoms with E-state index in [2.05, 4.69) is 26.3 Å². The lowest BCUT2D eigenvalue weighted by molar-refractivity contribution is -0.139. The summed E-state index contributed by atoms with van der Waals surface area (Å²) in [6.45, 7) is 1.68. The summed E-state index contributed by atoms with van der Waals surface area (Å²) < 4.78 is 12.5. The first-order chi connectivity index (χ1) is 18.3. The highest BCUT2D eigenvalue weighted by molar-refractivity contribution is 5.90. The van der Waals surface area contributed by atoms with Gasteiger partial charge in [-0.15, -0.1) is 5.10 Å². The van der Waals surface area contributed by atoms with Gasteiger partial charge in [0.15, 0.2) is 0 Å². The molecule has 1 aromatic heterocycles. The lowest BCUT2D eigenvalue weighted by atomic mass is 10.0. The number of aromatic nitrogens is 3. The molecule has 4 heterocycles. The molecule has 38 heavy (non-hydrogen) atoms. The highest BCUT2D eigenvalue weighted by atomic mass is 16.5. The summed E-state index contributed by atoms with van der Waals surface area (Å²) in [5, 5.41) is 46.6. The van der Waals surface area contributed by atoms with Gasteiger partial charge >= 0.3 is 0 Å². The standard InChI is InChI=1S/C23H37N7O8/c31-6-5-30-12-15(27-28-30)9-16-23(36)25-11-18-22(35)21(34)17(38-18)10-20(33)29(13-19(32)26-16)4-3-24-14-1-7-37-8-2-14/h12,14,16-18,21-22,24,31,34-35H,1-11,13H2,(H,25,36)(H,26,32)/t16-,17+,18-,21?,22?/m1/s1. The Hall–Kier alpha value is -2.69. The molecule has 0 radical (unpaired) electrons. The molecule has 1 aromatic rings. The van der Waals surface area contributed by atoms with Crippen LogP contribution in [0.25, 0.3) is 0 Å². The number of carbonyl (C=O) groups is 3. The van der Waals surface area contributed by atoms with Crippen molar-refractivity contribution >= 4 is 17.7 Å². The Balaban J connectivity index is 1.47. The van der Waals surface area contributed by atoms with E-state index in [-0.39, 0.29) is 51.7 Å². The van der Waals surface area contributed by atoms with E-state index in [4.69, 9.17) is 14.6 Å². The quantitative estimate of drug-likeness (QED) is 0.188. The third kappa shape index (κ3) is 7.45. The van der Waals surface area contributed by atoms with Crippen LogP contribution in [0.2, 0.25) is 0 Å². The zero-order valence-corrected chi connectivity index (χ0v) is 21.2. The predicted octanol–water partition coefficient (Wildman–Crippen LogP) is -4.10. The molecular weight excluding hydrogens is 502 g/mol. The van der Waals surface area contributed by atoms with Gasteiger partial charge in [-0.1, -0.05) is 5.21 Å². The van der Waals surface area contributed by atoms with Crippen LogP contribution in [0.1, 0.15) is 25.0 Å². The van der Waals surface area contributed by atoms with Gasteiger partial charge in [-0.3, -0.25) is 14.4 Å². The summed E-state index contributed by atoms with van der Waals surface area (Å²) in [6.07, 6.45) is -1.40. The van der Waals surface area contributed by atoms with Gasteiger partial charge in [0.1, 0.15) is 24.4 Å². The monoisotopic (exact) mass is 539 g/mol. The van der Waals surface area contributed by atoms with E-state index in [1.165, 1.54) is 9.58 Å². The SMILES string of the molecule is O=C1CN(CCNC2CCOCC2)C(=O)C[C@@H]2O[C@H](CNC(=O)[C@@H](Cc3cn(CCO)nn3)N1)C(O)C2O. The normalized spacial score (nSPS) is 29.8. The summed E-state index contributed by atoms with van der Waals surface area (Å²) in [6, 6.07) is -0.786. The average molecular weight is 540 g/mol. The predicted molar refractivity (Wildman–Crippen MR) is 129 cm³/mol. The minimum Gasteiger partial charge on any atom is -0.394 e. The van der Waals surface area contributed by atoms with Crippen LogP contribution >= 0.6 is 0 Å². The van der Waals surface area contributed by atoms with E-state index in [9.17, 15) is 24.6 Å². The van der Waals surface area contributed by atoms with Crippen LogP contribution in [-0.2, 0) is 36.8 Å². The fourth-order valence-electron chi connectivity index (χ4n) is 4.86. The molecule has 0 spiro atoms. The third-order valence-corrected chi connectivity index (χ3v) is 7.02. The lowest BCUT2D eigenvalue weighted by Crippen LogP contribution is -2.53. The van der Waals surface area contributed by atoms with Crippen LogP contribution in [0.3, 0.4) is 0 Å². The largest absolute Gasteiger partial charge is 0.394 e. The molecule has 3 amide bonds. The first kappa shape index (κ1) is 28.3. The van der Waals surface area contributed by atoms with Crippen LogP contribution < -0.4 is 16.0 Å². The van der Waals surface area contributed by atoms with Crippen molar-refractivity contribution in [1.29, 1.82) is 0 Å². The lowest BCUT2D eigenvalue weighted by Gasteiger charge is -2.28. The van der Waals surface area contributed by atoms with Crippen molar-refractivity contribution < 1.29 is 39.2 Å². The van der Waals surface area contributed by atoms with E-state index in [0.717, 1.165) is 12.8 Å². The first-order valence-corrected chi connectivity index (χ1v) is 13.0. The molecule has 0 aromatic carbocycles. The maximum absolute atomic E-state index is 13.2. The molecule has 3 saturated heterocycles. The van der Waals surface area contributed by atoms with E-state index >= 15 is 0 Å². The second kappa shape index (κ2) is 13.4. The number of rotatable bonds is 8. The van der Waals surface area contributed by atoms with Gasteiger partial charge in [-0.25, -0.2) is 4.68 Å². The zero-order valence-electron chi connectivity index (χ0n) is 21.2. The van der Waals surface area contributed by atoms with Crippen molar-refractivity contribution in [1.82, 2.24) is 35.8 Å². The molecule has 6 N–H and O–H groups in total. The van der Waals surface area contributed by atoms with Crippen molar-refractivity contribution in [3.8, 4) is 0 Å². The number of carbonyl (C=O) groups excluding carboxylic acids is 3. The Morgan fingerprint density at radius 3 is 2.63 bits per heavy atom. The molecule has 0 saturated carbocycles. The Morgan fingerprint density at radius 2 is 1.87 bits per heavy atom. The van der Waals surface area contributed by atoms with Crippen LogP contribution in [0, 0.1) is 0 Å². The average Bonchev–Trinajstić information content (AvgIpc) is 3.45. The summed E-state index contributed by atoms with van der Waals surface area (Å²) in [5.41, 5.74) is 0.421. The van der Waals surface area contributed by atoms with E-state index in [1.807, 2.05) is 0 Å².